The number of methoxy groups -OCH3 is 2. The highest BCUT2D eigenvalue weighted by atomic mass is 79.9. The van der Waals surface area contributed by atoms with Crippen LogP contribution in [0.4, 0.5) is 0 Å². The Labute approximate surface area is 114 Å². The first-order valence-electron chi connectivity index (χ1n) is 5.25. The van der Waals surface area contributed by atoms with Crippen LogP contribution in [-0.4, -0.2) is 19.2 Å². The van der Waals surface area contributed by atoms with Gasteiger partial charge in [-0.2, -0.15) is 0 Å². The molecule has 1 aromatic heterocycles. The number of hydrogen-bond donors (Lipinski definition) is 0. The van der Waals surface area contributed by atoms with E-state index in [1.807, 2.05) is 18.2 Å². The molecule has 5 heteroatoms. The van der Waals surface area contributed by atoms with Crippen molar-refractivity contribution in [3.63, 3.8) is 0 Å². The van der Waals surface area contributed by atoms with Crippen LogP contribution in [0, 0.1) is 0 Å². The third-order valence-electron chi connectivity index (χ3n) is 2.31. The molecule has 2 aromatic rings. The van der Waals surface area contributed by atoms with Crippen LogP contribution >= 0.6 is 15.9 Å². The predicted molar refractivity (Wildman–Crippen MR) is 71.6 cm³/mol. The van der Waals surface area contributed by atoms with Crippen LogP contribution in [-0.2, 0) is 0 Å². The van der Waals surface area contributed by atoms with E-state index in [1.54, 1.807) is 32.5 Å². The number of ether oxygens (including phenoxy) is 3. The molecule has 2 rings (SSSR count). The molecule has 0 fully saturated rings. The van der Waals surface area contributed by atoms with Crippen LogP contribution in [0.3, 0.4) is 0 Å². The molecule has 0 aliphatic heterocycles. The van der Waals surface area contributed by atoms with Crippen LogP contribution in [0.2, 0.25) is 0 Å². The third kappa shape index (κ3) is 2.56. The summed E-state index contributed by atoms with van der Waals surface area (Å²) in [4.78, 5) is 4.14. The van der Waals surface area contributed by atoms with E-state index in [9.17, 15) is 0 Å². The first kappa shape index (κ1) is 12.7. The van der Waals surface area contributed by atoms with Crippen LogP contribution < -0.4 is 14.2 Å². The number of pyridine rings is 1. The first-order chi connectivity index (χ1) is 8.76. The molecule has 1 heterocycles. The lowest BCUT2D eigenvalue weighted by atomic mass is 10.3. The summed E-state index contributed by atoms with van der Waals surface area (Å²) in [5.74, 6) is 2.14. The quantitative estimate of drug-likeness (QED) is 0.864. The van der Waals surface area contributed by atoms with Crippen LogP contribution in [0.1, 0.15) is 0 Å². The highest BCUT2D eigenvalue weighted by molar-refractivity contribution is 9.10. The number of hydrogen-bond acceptors (Lipinski definition) is 4. The van der Waals surface area contributed by atoms with Gasteiger partial charge in [-0.15, -0.1) is 0 Å². The van der Waals surface area contributed by atoms with Gasteiger partial charge in [-0.3, -0.25) is 0 Å². The molecule has 0 radical (unpaired) electrons. The molecule has 0 unspecified atom stereocenters. The molecular formula is C13H12BrNO3. The summed E-state index contributed by atoms with van der Waals surface area (Å²) in [5, 5.41) is 0. The van der Waals surface area contributed by atoms with Gasteiger partial charge in [-0.25, -0.2) is 4.98 Å². The SMILES string of the molecule is COc1cccc(OC)c1Oc1ncccc1Br. The van der Waals surface area contributed by atoms with Gasteiger partial charge in [-0.05, 0) is 40.2 Å². The lowest BCUT2D eigenvalue weighted by molar-refractivity contribution is 0.341. The predicted octanol–water partition coefficient (Wildman–Crippen LogP) is 3.65. The van der Waals surface area contributed by atoms with Crippen molar-refractivity contribution in [2.75, 3.05) is 14.2 Å². The summed E-state index contributed by atoms with van der Waals surface area (Å²) in [6, 6.07) is 9.10. The van der Waals surface area contributed by atoms with Crippen molar-refractivity contribution in [3.05, 3.63) is 41.0 Å². The van der Waals surface area contributed by atoms with Crippen LogP contribution in [0.5, 0.6) is 23.1 Å². The Bertz CT molecular complexity index is 523. The van der Waals surface area contributed by atoms with Gasteiger partial charge < -0.3 is 14.2 Å². The minimum absolute atomic E-state index is 0.459. The van der Waals surface area contributed by atoms with Crippen molar-refractivity contribution in [2.24, 2.45) is 0 Å². The maximum Gasteiger partial charge on any atom is 0.233 e. The second-order valence-electron chi connectivity index (χ2n) is 3.38. The number of benzene rings is 1. The standard InChI is InChI=1S/C13H12BrNO3/c1-16-10-6-3-7-11(17-2)12(10)18-13-9(14)5-4-8-15-13/h3-8H,1-2H3. The van der Waals surface area contributed by atoms with Crippen molar-refractivity contribution < 1.29 is 14.2 Å². The van der Waals surface area contributed by atoms with E-state index in [0.29, 0.717) is 23.1 Å². The molecular weight excluding hydrogens is 298 g/mol. The molecule has 0 N–H and O–H groups in total. The van der Waals surface area contributed by atoms with Gasteiger partial charge in [0.25, 0.3) is 0 Å². The zero-order valence-corrected chi connectivity index (χ0v) is 11.6. The zero-order valence-electron chi connectivity index (χ0n) is 10.0. The van der Waals surface area contributed by atoms with Crippen LogP contribution in [0.25, 0.3) is 0 Å². The van der Waals surface area contributed by atoms with E-state index in [2.05, 4.69) is 20.9 Å². The third-order valence-corrected chi connectivity index (χ3v) is 2.91. The monoisotopic (exact) mass is 309 g/mol. The van der Waals surface area contributed by atoms with Crippen molar-refractivity contribution in [1.29, 1.82) is 0 Å². The highest BCUT2D eigenvalue weighted by Crippen LogP contribution is 2.40. The van der Waals surface area contributed by atoms with E-state index >= 15 is 0 Å². The Kier molecular flexibility index (Phi) is 4.04. The number of halogens is 1. The maximum atomic E-state index is 5.75. The van der Waals surface area contributed by atoms with Gasteiger partial charge in [0.05, 0.1) is 18.7 Å². The van der Waals surface area contributed by atoms with E-state index in [0.717, 1.165) is 4.47 Å². The van der Waals surface area contributed by atoms with Gasteiger partial charge in [0.15, 0.2) is 11.5 Å². The Morgan fingerprint density at radius 2 is 1.67 bits per heavy atom. The average Bonchev–Trinajstić information content (AvgIpc) is 2.41. The van der Waals surface area contributed by atoms with Gasteiger partial charge in [0, 0.05) is 6.20 Å². The number of para-hydroxylation sites is 1. The van der Waals surface area contributed by atoms with E-state index in [-0.39, 0.29) is 0 Å². The molecule has 0 aliphatic rings. The fourth-order valence-corrected chi connectivity index (χ4v) is 1.80. The fourth-order valence-electron chi connectivity index (χ4n) is 1.46. The molecule has 4 nitrogen and oxygen atoms in total. The number of rotatable bonds is 4. The summed E-state index contributed by atoms with van der Waals surface area (Å²) in [6.07, 6.45) is 1.65. The summed E-state index contributed by atoms with van der Waals surface area (Å²) in [5.41, 5.74) is 0. The second-order valence-corrected chi connectivity index (χ2v) is 4.24. The van der Waals surface area contributed by atoms with E-state index < -0.39 is 0 Å². The first-order valence-corrected chi connectivity index (χ1v) is 6.05. The Morgan fingerprint density at radius 3 is 2.22 bits per heavy atom. The van der Waals surface area contributed by atoms with Gasteiger partial charge in [0.2, 0.25) is 11.6 Å². The molecule has 0 bridgehead atoms. The second kappa shape index (κ2) is 5.73. The van der Waals surface area contributed by atoms with Gasteiger partial charge in [0.1, 0.15) is 0 Å². The summed E-state index contributed by atoms with van der Waals surface area (Å²) >= 11 is 3.38. The largest absolute Gasteiger partial charge is 0.493 e. The number of aromatic nitrogens is 1. The van der Waals surface area contributed by atoms with Crippen LogP contribution in [0.15, 0.2) is 41.0 Å². The fraction of sp³-hybridized carbons (Fsp3) is 0.154. The summed E-state index contributed by atoms with van der Waals surface area (Å²) in [6.45, 7) is 0. The summed E-state index contributed by atoms with van der Waals surface area (Å²) in [7, 11) is 3.16. The molecule has 0 amide bonds. The average molecular weight is 310 g/mol. The lowest BCUT2D eigenvalue weighted by Gasteiger charge is -2.13. The topological polar surface area (TPSA) is 40.6 Å². The number of nitrogens with zero attached hydrogens (tertiary/aromatic N) is 1. The Morgan fingerprint density at radius 1 is 1.00 bits per heavy atom. The van der Waals surface area contributed by atoms with Crippen molar-refractivity contribution in [1.82, 2.24) is 4.98 Å². The molecule has 0 saturated heterocycles. The minimum Gasteiger partial charge on any atom is -0.493 e. The Balaban J connectivity index is 2.42. The zero-order chi connectivity index (χ0) is 13.0. The van der Waals surface area contributed by atoms with Gasteiger partial charge >= 0.3 is 0 Å². The molecule has 94 valence electrons. The molecule has 0 spiro atoms. The maximum absolute atomic E-state index is 5.75. The minimum atomic E-state index is 0.459. The van der Waals surface area contributed by atoms with E-state index in [4.69, 9.17) is 14.2 Å². The molecule has 0 aliphatic carbocycles. The Hall–Kier alpha value is -1.75. The molecule has 0 saturated carbocycles. The van der Waals surface area contributed by atoms with Crippen molar-refractivity contribution in [2.45, 2.75) is 0 Å². The molecule has 18 heavy (non-hydrogen) atoms. The molecule has 1 aromatic carbocycles. The normalized spacial score (nSPS) is 9.94. The summed E-state index contributed by atoms with van der Waals surface area (Å²) < 4.78 is 17.0. The smallest absolute Gasteiger partial charge is 0.233 e. The lowest BCUT2D eigenvalue weighted by Crippen LogP contribution is -1.95. The van der Waals surface area contributed by atoms with Gasteiger partial charge in [-0.1, -0.05) is 6.07 Å². The molecule has 0 atom stereocenters. The van der Waals surface area contributed by atoms with E-state index in [1.165, 1.54) is 0 Å². The highest BCUT2D eigenvalue weighted by Gasteiger charge is 2.14. The van der Waals surface area contributed by atoms with Crippen molar-refractivity contribution >= 4 is 15.9 Å². The van der Waals surface area contributed by atoms with Crippen molar-refractivity contribution in [3.8, 4) is 23.1 Å².